The van der Waals surface area contributed by atoms with Crippen molar-refractivity contribution in [1.82, 2.24) is 10.1 Å². The van der Waals surface area contributed by atoms with E-state index in [0.29, 0.717) is 6.54 Å². The zero-order valence-electron chi connectivity index (χ0n) is 10.1. The summed E-state index contributed by atoms with van der Waals surface area (Å²) in [5.41, 5.74) is 2.05. The van der Waals surface area contributed by atoms with Crippen molar-refractivity contribution in [2.24, 2.45) is 0 Å². The molecule has 0 radical (unpaired) electrons. The Labute approximate surface area is 109 Å². The molecule has 0 fully saturated rings. The molecule has 18 heavy (non-hydrogen) atoms. The van der Waals surface area contributed by atoms with Gasteiger partial charge in [-0.1, -0.05) is 23.7 Å². The topological polar surface area (TPSA) is 51.0 Å². The smallest absolute Gasteiger partial charge is 0.166 e. The van der Waals surface area contributed by atoms with Crippen molar-refractivity contribution in [3.05, 3.63) is 40.3 Å². The lowest BCUT2D eigenvalue weighted by Crippen LogP contribution is -2.05. The van der Waals surface area contributed by atoms with Crippen LogP contribution in [0.15, 0.2) is 16.9 Å². The molecule has 4 nitrogen and oxygen atoms in total. The molecule has 0 amide bonds. The number of nitrogens with zero attached hydrogens (tertiary/aromatic N) is 2. The summed E-state index contributed by atoms with van der Waals surface area (Å²) in [5, 5.41) is 7.14. The second-order valence-corrected chi connectivity index (χ2v) is 4.26. The summed E-state index contributed by atoms with van der Waals surface area (Å²) in [7, 11) is 0. The number of rotatable bonds is 4. The van der Waals surface area contributed by atoms with Crippen molar-refractivity contribution in [3.8, 4) is 0 Å². The molecule has 0 bridgehead atoms. The zero-order valence-corrected chi connectivity index (χ0v) is 10.9. The van der Waals surface area contributed by atoms with Gasteiger partial charge >= 0.3 is 0 Å². The van der Waals surface area contributed by atoms with Crippen LogP contribution in [0.1, 0.15) is 23.9 Å². The summed E-state index contributed by atoms with van der Waals surface area (Å²) >= 11 is 5.88. The highest BCUT2D eigenvalue weighted by Gasteiger charge is 2.13. The summed E-state index contributed by atoms with van der Waals surface area (Å²) in [6.07, 6.45) is 3.28. The van der Waals surface area contributed by atoms with Gasteiger partial charge in [0.15, 0.2) is 5.82 Å². The van der Waals surface area contributed by atoms with E-state index in [1.54, 1.807) is 0 Å². The molecule has 96 valence electrons. The number of hydrogen-bond acceptors (Lipinski definition) is 4. The number of anilines is 1. The highest BCUT2D eigenvalue weighted by molar-refractivity contribution is 6.33. The molecule has 0 aliphatic rings. The van der Waals surface area contributed by atoms with Crippen LogP contribution in [0.5, 0.6) is 0 Å². The molecule has 0 aliphatic carbocycles. The Bertz CT molecular complexity index is 536. The van der Waals surface area contributed by atoms with Crippen molar-refractivity contribution in [3.63, 3.8) is 0 Å². The van der Waals surface area contributed by atoms with E-state index < -0.39 is 5.82 Å². The van der Waals surface area contributed by atoms with Crippen LogP contribution in [0.25, 0.3) is 0 Å². The molecule has 0 saturated heterocycles. The van der Waals surface area contributed by atoms with E-state index in [1.807, 2.05) is 13.8 Å². The molecule has 1 N–H and O–H groups in total. The van der Waals surface area contributed by atoms with Gasteiger partial charge in [-0.3, -0.25) is 4.98 Å². The minimum Gasteiger partial charge on any atom is -0.377 e. The molecule has 0 unspecified atom stereocenters. The Morgan fingerprint density at radius 2 is 2.22 bits per heavy atom. The molecular formula is C12H13ClFN3O. The van der Waals surface area contributed by atoms with E-state index in [1.165, 1.54) is 6.20 Å². The van der Waals surface area contributed by atoms with Crippen molar-refractivity contribution < 1.29 is 8.91 Å². The molecule has 0 atom stereocenters. The van der Waals surface area contributed by atoms with Gasteiger partial charge in [0.05, 0.1) is 22.6 Å². The quantitative estimate of drug-likeness (QED) is 0.925. The zero-order chi connectivity index (χ0) is 13.1. The summed E-state index contributed by atoms with van der Waals surface area (Å²) in [6.45, 7) is 4.23. The van der Waals surface area contributed by atoms with Crippen LogP contribution < -0.4 is 5.32 Å². The van der Waals surface area contributed by atoms with Gasteiger partial charge in [-0.05, 0) is 13.3 Å². The van der Waals surface area contributed by atoms with Crippen molar-refractivity contribution in [1.29, 1.82) is 0 Å². The number of nitrogens with one attached hydrogen (secondary N) is 1. The Kier molecular flexibility index (Phi) is 3.81. The Balaban J connectivity index is 2.19. The highest BCUT2D eigenvalue weighted by atomic mass is 35.5. The SMILES string of the molecule is CCc1noc(C)c1CNc1c(F)cncc1Cl. The first-order valence-corrected chi connectivity index (χ1v) is 5.98. The molecule has 0 aromatic carbocycles. The van der Waals surface area contributed by atoms with Crippen molar-refractivity contribution in [2.45, 2.75) is 26.8 Å². The standard InChI is InChI=1S/C12H13ClFN3O/c1-3-11-8(7(2)18-17-11)4-16-12-9(13)5-15-6-10(12)14/h5-6H,3-4H2,1-2H3,(H,15,16). The summed E-state index contributed by atoms with van der Waals surface area (Å²) in [5.74, 6) is 0.250. The summed E-state index contributed by atoms with van der Waals surface area (Å²) in [6, 6.07) is 0. The molecule has 2 heterocycles. The molecule has 0 aliphatic heterocycles. The van der Waals surface area contributed by atoms with Crippen LogP contribution >= 0.6 is 11.6 Å². The van der Waals surface area contributed by atoms with Crippen LogP contribution in [0, 0.1) is 12.7 Å². The third-order valence-electron chi connectivity index (χ3n) is 2.70. The third kappa shape index (κ3) is 2.46. The minimum absolute atomic E-state index is 0.245. The first kappa shape index (κ1) is 12.8. The monoisotopic (exact) mass is 269 g/mol. The van der Waals surface area contributed by atoms with Crippen LogP contribution in [-0.2, 0) is 13.0 Å². The predicted octanol–water partition coefficient (Wildman–Crippen LogP) is 3.35. The molecule has 2 rings (SSSR count). The molecular weight excluding hydrogens is 257 g/mol. The molecule has 0 spiro atoms. The van der Waals surface area contributed by atoms with Gasteiger partial charge < -0.3 is 9.84 Å². The Morgan fingerprint density at radius 3 is 2.89 bits per heavy atom. The number of hydrogen-bond donors (Lipinski definition) is 1. The van der Waals surface area contributed by atoms with Gasteiger partial charge in [-0.25, -0.2) is 4.39 Å². The lowest BCUT2D eigenvalue weighted by atomic mass is 10.1. The van der Waals surface area contributed by atoms with Gasteiger partial charge in [0.1, 0.15) is 5.76 Å². The van der Waals surface area contributed by atoms with Crippen molar-refractivity contribution in [2.75, 3.05) is 5.32 Å². The second-order valence-electron chi connectivity index (χ2n) is 3.85. The summed E-state index contributed by atoms with van der Waals surface area (Å²) in [4.78, 5) is 3.66. The van der Waals surface area contributed by atoms with Crippen LogP contribution in [0.3, 0.4) is 0 Å². The van der Waals surface area contributed by atoms with E-state index in [-0.39, 0.29) is 10.7 Å². The van der Waals surface area contributed by atoms with E-state index in [9.17, 15) is 4.39 Å². The maximum Gasteiger partial charge on any atom is 0.166 e. The van der Waals surface area contributed by atoms with Gasteiger partial charge in [0.25, 0.3) is 0 Å². The number of aromatic nitrogens is 2. The maximum atomic E-state index is 13.5. The Morgan fingerprint density at radius 1 is 1.44 bits per heavy atom. The lowest BCUT2D eigenvalue weighted by molar-refractivity contribution is 0.390. The first-order valence-electron chi connectivity index (χ1n) is 5.60. The molecule has 6 heteroatoms. The number of halogens is 2. The Hall–Kier alpha value is -1.62. The fourth-order valence-corrected chi connectivity index (χ4v) is 1.91. The van der Waals surface area contributed by atoms with Crippen LogP contribution in [0.2, 0.25) is 5.02 Å². The first-order chi connectivity index (χ1) is 8.63. The average Bonchev–Trinajstić information content (AvgIpc) is 2.70. The molecule has 0 saturated carbocycles. The fourth-order valence-electron chi connectivity index (χ4n) is 1.70. The minimum atomic E-state index is -0.477. The van der Waals surface area contributed by atoms with Crippen molar-refractivity contribution >= 4 is 17.3 Å². The predicted molar refractivity (Wildman–Crippen MR) is 67.1 cm³/mol. The van der Waals surface area contributed by atoms with E-state index in [2.05, 4.69) is 15.5 Å². The van der Waals surface area contributed by atoms with Gasteiger partial charge in [-0.2, -0.15) is 0 Å². The highest BCUT2D eigenvalue weighted by Crippen LogP contribution is 2.25. The van der Waals surface area contributed by atoms with Gasteiger partial charge in [0, 0.05) is 18.3 Å². The summed E-state index contributed by atoms with van der Waals surface area (Å²) < 4.78 is 18.6. The number of aryl methyl sites for hydroxylation is 2. The number of pyridine rings is 1. The normalized spacial score (nSPS) is 10.7. The molecule has 2 aromatic rings. The van der Waals surface area contributed by atoms with Crippen LogP contribution in [0.4, 0.5) is 10.1 Å². The van der Waals surface area contributed by atoms with Gasteiger partial charge in [-0.15, -0.1) is 0 Å². The molecule has 2 aromatic heterocycles. The van der Waals surface area contributed by atoms with E-state index >= 15 is 0 Å². The average molecular weight is 270 g/mol. The van der Waals surface area contributed by atoms with Crippen LogP contribution in [-0.4, -0.2) is 10.1 Å². The van der Waals surface area contributed by atoms with E-state index in [4.69, 9.17) is 16.1 Å². The van der Waals surface area contributed by atoms with Gasteiger partial charge in [0.2, 0.25) is 0 Å². The second kappa shape index (κ2) is 5.35. The lowest BCUT2D eigenvalue weighted by Gasteiger charge is -2.08. The maximum absolute atomic E-state index is 13.5. The third-order valence-corrected chi connectivity index (χ3v) is 2.98. The largest absolute Gasteiger partial charge is 0.377 e. The van der Waals surface area contributed by atoms with E-state index in [0.717, 1.165) is 29.6 Å². The fraction of sp³-hybridized carbons (Fsp3) is 0.333.